The van der Waals surface area contributed by atoms with Gasteiger partial charge >= 0.3 is 6.61 Å². The van der Waals surface area contributed by atoms with Crippen LogP contribution in [0.3, 0.4) is 0 Å². The third-order valence-corrected chi connectivity index (χ3v) is 5.76. The second kappa shape index (κ2) is 7.99. The van der Waals surface area contributed by atoms with Crippen LogP contribution in [0.4, 0.5) is 8.78 Å². The number of ketones is 1. The Kier molecular flexibility index (Phi) is 6.14. The van der Waals surface area contributed by atoms with E-state index >= 15 is 0 Å². The highest BCUT2D eigenvalue weighted by Crippen LogP contribution is 2.28. The molecule has 2 amide bonds. The van der Waals surface area contributed by atoms with Gasteiger partial charge in [-0.15, -0.1) is 0 Å². The summed E-state index contributed by atoms with van der Waals surface area (Å²) in [6, 6.07) is 5.42. The van der Waals surface area contributed by atoms with E-state index in [0.717, 1.165) is 0 Å². The number of halogens is 2. The number of Topliss-reactive ketones (excluding diaryl/α,β-unsaturated/α-hetero) is 1. The van der Waals surface area contributed by atoms with Gasteiger partial charge in [0.1, 0.15) is 5.75 Å². The van der Waals surface area contributed by atoms with E-state index in [4.69, 9.17) is 5.73 Å². The van der Waals surface area contributed by atoms with Crippen molar-refractivity contribution in [2.75, 3.05) is 5.75 Å². The Balaban J connectivity index is 1.98. The lowest BCUT2D eigenvalue weighted by atomic mass is 9.74. The molecule has 1 unspecified atom stereocenters. The molecule has 3 N–H and O–H groups in total. The first-order valence-corrected chi connectivity index (χ1v) is 9.75. The molecule has 1 aliphatic carbocycles. The van der Waals surface area contributed by atoms with Gasteiger partial charge in [0.05, 0.1) is 11.5 Å². The van der Waals surface area contributed by atoms with Gasteiger partial charge in [-0.3, -0.25) is 14.4 Å². The summed E-state index contributed by atoms with van der Waals surface area (Å²) in [4.78, 5) is 35.0. The quantitative estimate of drug-likeness (QED) is 0.569. The van der Waals surface area contributed by atoms with Crippen LogP contribution in [0, 0.1) is 0 Å². The van der Waals surface area contributed by atoms with E-state index in [0.29, 0.717) is 0 Å². The van der Waals surface area contributed by atoms with Crippen molar-refractivity contribution < 1.29 is 36.3 Å². The van der Waals surface area contributed by atoms with Gasteiger partial charge in [-0.2, -0.15) is 8.78 Å². The Bertz CT molecular complexity index is 848. The molecule has 0 spiro atoms. The molecule has 0 aromatic heterocycles. The summed E-state index contributed by atoms with van der Waals surface area (Å²) in [6.45, 7) is -3.11. The Morgan fingerprint density at radius 1 is 1.30 bits per heavy atom. The van der Waals surface area contributed by atoms with Crippen molar-refractivity contribution in [3.8, 4) is 5.75 Å². The first kappa shape index (κ1) is 20.7. The first-order valence-electron chi connectivity index (χ1n) is 7.93. The zero-order valence-corrected chi connectivity index (χ0v) is 14.9. The minimum absolute atomic E-state index is 0.0287. The lowest BCUT2D eigenvalue weighted by Gasteiger charge is -2.37. The Morgan fingerprint density at radius 2 is 1.96 bits per heavy atom. The number of primary amides is 1. The predicted molar refractivity (Wildman–Crippen MR) is 89.5 cm³/mol. The molecule has 2 rings (SSSR count). The topological polar surface area (TPSA) is 133 Å². The molecule has 1 aliphatic rings. The molecule has 8 nitrogen and oxygen atoms in total. The maximum Gasteiger partial charge on any atom is 0.387 e. The highest BCUT2D eigenvalue weighted by molar-refractivity contribution is 7.90. The van der Waals surface area contributed by atoms with Crippen LogP contribution in [0.2, 0.25) is 0 Å². The molecule has 0 saturated heterocycles. The van der Waals surface area contributed by atoms with Crippen molar-refractivity contribution in [2.24, 2.45) is 5.73 Å². The van der Waals surface area contributed by atoms with E-state index in [1.165, 1.54) is 24.3 Å². The smallest absolute Gasteiger partial charge is 0.387 e. The van der Waals surface area contributed by atoms with Gasteiger partial charge in [-0.1, -0.05) is 18.2 Å². The molecule has 27 heavy (non-hydrogen) atoms. The van der Waals surface area contributed by atoms with E-state index < -0.39 is 57.5 Å². The number of nitrogens with two attached hydrogens (primary N) is 1. The fourth-order valence-electron chi connectivity index (χ4n) is 2.62. The molecule has 1 saturated carbocycles. The number of para-hydroxylation sites is 1. The van der Waals surface area contributed by atoms with Crippen molar-refractivity contribution in [1.82, 2.24) is 5.32 Å². The molecule has 11 heteroatoms. The number of sulfone groups is 1. The standard InChI is InChI=1S/C16H18F2N2O6S/c17-15(18)26-11-4-2-1-3-10(11)9-27(24,25)8-6-13(22)20-16(14(19)23)7-5-12(16)21/h1-4,15H,5-9H2,(H2,19,23)(H,20,22). The number of hydrogen-bond acceptors (Lipinski definition) is 6. The Morgan fingerprint density at radius 3 is 2.48 bits per heavy atom. The molecule has 1 aromatic carbocycles. The molecular formula is C16H18F2N2O6S. The Hall–Kier alpha value is -2.56. The molecular weight excluding hydrogens is 386 g/mol. The zero-order chi connectivity index (χ0) is 20.2. The summed E-state index contributed by atoms with van der Waals surface area (Å²) in [5, 5.41) is 2.20. The summed E-state index contributed by atoms with van der Waals surface area (Å²) in [5.74, 6) is -3.82. The van der Waals surface area contributed by atoms with E-state index in [2.05, 4.69) is 10.1 Å². The SMILES string of the molecule is NC(=O)C1(NC(=O)CCS(=O)(=O)Cc2ccccc2OC(F)F)CCC1=O. The number of rotatable bonds is 9. The normalized spacial score (nSPS) is 19.4. The van der Waals surface area contributed by atoms with Crippen LogP contribution in [-0.4, -0.2) is 43.9 Å². The van der Waals surface area contributed by atoms with Crippen LogP contribution in [0.1, 0.15) is 24.8 Å². The van der Waals surface area contributed by atoms with Crippen molar-refractivity contribution in [3.05, 3.63) is 29.8 Å². The van der Waals surface area contributed by atoms with Crippen LogP contribution in [0.25, 0.3) is 0 Å². The Labute approximate surface area is 154 Å². The van der Waals surface area contributed by atoms with Gasteiger partial charge in [0.25, 0.3) is 5.91 Å². The van der Waals surface area contributed by atoms with E-state index in [1.54, 1.807) is 0 Å². The number of carbonyl (C=O) groups is 3. The molecule has 0 bridgehead atoms. The van der Waals surface area contributed by atoms with E-state index in [9.17, 15) is 31.6 Å². The van der Waals surface area contributed by atoms with Crippen LogP contribution in [0.5, 0.6) is 5.75 Å². The number of nitrogens with one attached hydrogen (secondary N) is 1. The van der Waals surface area contributed by atoms with Crippen LogP contribution >= 0.6 is 0 Å². The number of hydrogen-bond donors (Lipinski definition) is 2. The van der Waals surface area contributed by atoms with Gasteiger partial charge in [-0.25, -0.2) is 8.42 Å². The van der Waals surface area contributed by atoms with Crippen molar-refractivity contribution in [2.45, 2.75) is 37.2 Å². The van der Waals surface area contributed by atoms with Gasteiger partial charge in [0.15, 0.2) is 21.2 Å². The fourth-order valence-corrected chi connectivity index (χ4v) is 3.98. The van der Waals surface area contributed by atoms with E-state index in [-0.39, 0.29) is 24.2 Å². The number of ether oxygens (including phenoxy) is 1. The van der Waals surface area contributed by atoms with Gasteiger partial charge in [0, 0.05) is 18.4 Å². The van der Waals surface area contributed by atoms with Crippen molar-refractivity contribution in [3.63, 3.8) is 0 Å². The third-order valence-electron chi connectivity index (χ3n) is 4.18. The lowest BCUT2D eigenvalue weighted by Crippen LogP contribution is -2.68. The number of benzene rings is 1. The van der Waals surface area contributed by atoms with Gasteiger partial charge in [-0.05, 0) is 12.5 Å². The number of carbonyl (C=O) groups excluding carboxylic acids is 3. The second-order valence-electron chi connectivity index (χ2n) is 6.07. The van der Waals surface area contributed by atoms with Crippen LogP contribution < -0.4 is 15.8 Å². The summed E-state index contributed by atoms with van der Waals surface area (Å²) in [5.41, 5.74) is 3.41. The predicted octanol–water partition coefficient (Wildman–Crippen LogP) is 0.296. The number of alkyl halides is 2. The molecule has 148 valence electrons. The van der Waals surface area contributed by atoms with Gasteiger partial charge in [0.2, 0.25) is 5.91 Å². The summed E-state index contributed by atoms with van der Waals surface area (Å²) in [7, 11) is -3.85. The van der Waals surface area contributed by atoms with Crippen molar-refractivity contribution in [1.29, 1.82) is 0 Å². The summed E-state index contributed by atoms with van der Waals surface area (Å²) in [6.07, 6.45) is -0.344. The number of amides is 2. The monoisotopic (exact) mass is 404 g/mol. The average molecular weight is 404 g/mol. The first-order chi connectivity index (χ1) is 12.6. The average Bonchev–Trinajstić information content (AvgIpc) is 2.57. The molecule has 1 fully saturated rings. The van der Waals surface area contributed by atoms with Crippen LogP contribution in [-0.2, 0) is 30.0 Å². The molecule has 1 aromatic rings. The molecule has 1 atom stereocenters. The van der Waals surface area contributed by atoms with Crippen molar-refractivity contribution >= 4 is 27.4 Å². The fraction of sp³-hybridized carbons (Fsp3) is 0.438. The maximum absolute atomic E-state index is 12.4. The minimum Gasteiger partial charge on any atom is -0.435 e. The van der Waals surface area contributed by atoms with E-state index in [1.807, 2.05) is 0 Å². The second-order valence-corrected chi connectivity index (χ2v) is 8.25. The lowest BCUT2D eigenvalue weighted by molar-refractivity contribution is -0.147. The largest absolute Gasteiger partial charge is 0.435 e. The highest BCUT2D eigenvalue weighted by atomic mass is 32.2. The summed E-state index contributed by atoms with van der Waals surface area (Å²) >= 11 is 0. The molecule has 0 heterocycles. The maximum atomic E-state index is 12.4. The molecule has 0 radical (unpaired) electrons. The van der Waals surface area contributed by atoms with Crippen LogP contribution in [0.15, 0.2) is 24.3 Å². The molecule has 0 aliphatic heterocycles. The highest BCUT2D eigenvalue weighted by Gasteiger charge is 2.52. The van der Waals surface area contributed by atoms with Gasteiger partial charge < -0.3 is 15.8 Å². The third kappa shape index (κ3) is 5.00. The minimum atomic E-state index is -3.85. The summed E-state index contributed by atoms with van der Waals surface area (Å²) < 4.78 is 53.5. The zero-order valence-electron chi connectivity index (χ0n) is 14.1.